The van der Waals surface area contributed by atoms with Gasteiger partial charge in [-0.1, -0.05) is 11.6 Å². The van der Waals surface area contributed by atoms with E-state index < -0.39 is 12.1 Å². The van der Waals surface area contributed by atoms with Crippen LogP contribution in [0.2, 0.25) is 0 Å². The Balaban J connectivity index is 2.58. The molecule has 1 aliphatic carbocycles. The Morgan fingerprint density at radius 1 is 1.79 bits per heavy atom. The van der Waals surface area contributed by atoms with Crippen LogP contribution < -0.4 is 0 Å². The first kappa shape index (κ1) is 11.2. The first-order valence-corrected chi connectivity index (χ1v) is 5.18. The zero-order chi connectivity index (χ0) is 10.6. The number of hydrogen-bond acceptors (Lipinski definition) is 3. The van der Waals surface area contributed by atoms with E-state index in [9.17, 15) is 9.90 Å². The fourth-order valence-corrected chi connectivity index (χ4v) is 1.85. The summed E-state index contributed by atoms with van der Waals surface area (Å²) in [5, 5.41) is 9.73. The Morgan fingerprint density at radius 2 is 2.50 bits per heavy atom. The van der Waals surface area contributed by atoms with E-state index in [1.54, 1.807) is 6.92 Å². The molecule has 2 atom stereocenters. The quantitative estimate of drug-likeness (QED) is 0.554. The van der Waals surface area contributed by atoms with E-state index >= 15 is 0 Å². The van der Waals surface area contributed by atoms with Crippen LogP contribution in [0, 0.1) is 5.92 Å². The standard InChI is InChI=1S/C11H18O3/c1-3-14-11(13)10(12)9-7-5-4-6-8(9)2/h6,9-10,12H,3-5,7H2,1-2H3/t9-,10-/m0/s1. The van der Waals surface area contributed by atoms with Gasteiger partial charge in [0.1, 0.15) is 0 Å². The number of carbonyl (C=O) groups excluding carboxylic acids is 1. The summed E-state index contributed by atoms with van der Waals surface area (Å²) in [7, 11) is 0. The number of ether oxygens (including phenoxy) is 1. The molecular formula is C11H18O3. The predicted molar refractivity (Wildman–Crippen MR) is 53.7 cm³/mol. The van der Waals surface area contributed by atoms with Crippen molar-refractivity contribution in [2.24, 2.45) is 5.92 Å². The van der Waals surface area contributed by atoms with Gasteiger partial charge in [-0.2, -0.15) is 0 Å². The number of esters is 1. The fourth-order valence-electron chi connectivity index (χ4n) is 1.85. The van der Waals surface area contributed by atoms with Gasteiger partial charge in [-0.3, -0.25) is 0 Å². The number of carbonyl (C=O) groups is 1. The molecule has 0 saturated carbocycles. The van der Waals surface area contributed by atoms with E-state index in [4.69, 9.17) is 4.74 Å². The van der Waals surface area contributed by atoms with Crippen molar-refractivity contribution in [1.29, 1.82) is 0 Å². The number of allylic oxidation sites excluding steroid dienone is 1. The Labute approximate surface area is 84.8 Å². The summed E-state index contributed by atoms with van der Waals surface area (Å²) in [4.78, 5) is 11.3. The highest BCUT2D eigenvalue weighted by Crippen LogP contribution is 2.27. The molecule has 80 valence electrons. The Hall–Kier alpha value is -0.830. The Bertz CT molecular complexity index is 233. The predicted octanol–water partition coefficient (Wildman–Crippen LogP) is 1.66. The van der Waals surface area contributed by atoms with Crippen molar-refractivity contribution in [3.05, 3.63) is 11.6 Å². The second-order valence-corrected chi connectivity index (χ2v) is 3.68. The van der Waals surface area contributed by atoms with E-state index in [2.05, 4.69) is 6.08 Å². The third kappa shape index (κ3) is 2.58. The van der Waals surface area contributed by atoms with Gasteiger partial charge in [0.15, 0.2) is 6.10 Å². The van der Waals surface area contributed by atoms with Gasteiger partial charge < -0.3 is 9.84 Å². The third-order valence-electron chi connectivity index (χ3n) is 2.68. The van der Waals surface area contributed by atoms with Crippen LogP contribution in [0.1, 0.15) is 33.1 Å². The summed E-state index contributed by atoms with van der Waals surface area (Å²) in [6.45, 7) is 4.03. The molecule has 0 aromatic carbocycles. The maximum atomic E-state index is 11.3. The van der Waals surface area contributed by atoms with E-state index in [0.29, 0.717) is 6.61 Å². The lowest BCUT2D eigenvalue weighted by atomic mass is 9.84. The number of hydrogen-bond donors (Lipinski definition) is 1. The molecule has 0 spiro atoms. The van der Waals surface area contributed by atoms with Crippen LogP contribution in [-0.2, 0) is 9.53 Å². The minimum atomic E-state index is -0.980. The largest absolute Gasteiger partial charge is 0.464 e. The smallest absolute Gasteiger partial charge is 0.335 e. The molecule has 1 aliphatic rings. The average molecular weight is 198 g/mol. The van der Waals surface area contributed by atoms with E-state index in [-0.39, 0.29) is 5.92 Å². The molecule has 14 heavy (non-hydrogen) atoms. The van der Waals surface area contributed by atoms with Crippen molar-refractivity contribution in [3.63, 3.8) is 0 Å². The summed E-state index contributed by atoms with van der Waals surface area (Å²) >= 11 is 0. The molecule has 0 heterocycles. The normalized spacial score (nSPS) is 23.9. The molecule has 0 aromatic heterocycles. The summed E-state index contributed by atoms with van der Waals surface area (Å²) in [5.74, 6) is -0.532. The first-order valence-electron chi connectivity index (χ1n) is 5.18. The van der Waals surface area contributed by atoms with Crippen LogP contribution in [0.5, 0.6) is 0 Å². The summed E-state index contributed by atoms with van der Waals surface area (Å²) in [6, 6.07) is 0. The van der Waals surface area contributed by atoms with Gasteiger partial charge in [-0.15, -0.1) is 0 Å². The SMILES string of the molecule is CCOC(=O)[C@@H](O)[C@H]1CCCC=C1C. The highest BCUT2D eigenvalue weighted by Gasteiger charge is 2.29. The highest BCUT2D eigenvalue weighted by atomic mass is 16.5. The van der Waals surface area contributed by atoms with Gasteiger partial charge in [-0.05, 0) is 33.1 Å². The highest BCUT2D eigenvalue weighted by molar-refractivity contribution is 5.75. The lowest BCUT2D eigenvalue weighted by molar-refractivity contribution is -0.155. The van der Waals surface area contributed by atoms with Crippen LogP contribution >= 0.6 is 0 Å². The van der Waals surface area contributed by atoms with Crippen LogP contribution in [0.3, 0.4) is 0 Å². The molecule has 0 aliphatic heterocycles. The minimum Gasteiger partial charge on any atom is -0.464 e. The molecule has 1 N–H and O–H groups in total. The van der Waals surface area contributed by atoms with Gasteiger partial charge in [-0.25, -0.2) is 4.79 Å². The van der Waals surface area contributed by atoms with Gasteiger partial charge in [0.05, 0.1) is 6.61 Å². The van der Waals surface area contributed by atoms with Crippen molar-refractivity contribution in [3.8, 4) is 0 Å². The van der Waals surface area contributed by atoms with Crippen molar-refractivity contribution in [2.75, 3.05) is 6.61 Å². The summed E-state index contributed by atoms with van der Waals surface area (Å²) in [5.41, 5.74) is 1.11. The van der Waals surface area contributed by atoms with E-state index in [0.717, 1.165) is 24.8 Å². The van der Waals surface area contributed by atoms with Crippen molar-refractivity contribution in [2.45, 2.75) is 39.2 Å². The topological polar surface area (TPSA) is 46.5 Å². The first-order chi connectivity index (χ1) is 6.66. The summed E-state index contributed by atoms with van der Waals surface area (Å²) in [6.07, 6.45) is 4.08. The van der Waals surface area contributed by atoms with Gasteiger partial charge >= 0.3 is 5.97 Å². The molecule has 0 amide bonds. The molecule has 0 unspecified atom stereocenters. The zero-order valence-corrected chi connectivity index (χ0v) is 8.82. The number of aliphatic hydroxyl groups is 1. The fraction of sp³-hybridized carbons (Fsp3) is 0.727. The number of rotatable bonds is 3. The molecule has 0 bridgehead atoms. The second kappa shape index (κ2) is 5.15. The van der Waals surface area contributed by atoms with Gasteiger partial charge in [0.2, 0.25) is 0 Å². The van der Waals surface area contributed by atoms with Crippen molar-refractivity contribution in [1.82, 2.24) is 0 Å². The molecule has 0 saturated heterocycles. The second-order valence-electron chi connectivity index (χ2n) is 3.68. The lowest BCUT2D eigenvalue weighted by Crippen LogP contribution is -2.33. The Morgan fingerprint density at radius 3 is 3.07 bits per heavy atom. The molecule has 0 fully saturated rings. The maximum Gasteiger partial charge on any atom is 0.335 e. The van der Waals surface area contributed by atoms with Crippen LogP contribution in [-0.4, -0.2) is 23.8 Å². The zero-order valence-electron chi connectivity index (χ0n) is 8.82. The molecule has 0 aromatic rings. The van der Waals surface area contributed by atoms with Gasteiger partial charge in [0.25, 0.3) is 0 Å². The summed E-state index contributed by atoms with van der Waals surface area (Å²) < 4.78 is 4.79. The molecule has 0 radical (unpaired) electrons. The maximum absolute atomic E-state index is 11.3. The van der Waals surface area contributed by atoms with Crippen LogP contribution in [0.4, 0.5) is 0 Å². The van der Waals surface area contributed by atoms with E-state index in [1.165, 1.54) is 0 Å². The minimum absolute atomic E-state index is 0.0391. The number of aliphatic hydroxyl groups excluding tert-OH is 1. The van der Waals surface area contributed by atoms with Gasteiger partial charge in [0, 0.05) is 5.92 Å². The molecule has 1 rings (SSSR count). The Kier molecular flexibility index (Phi) is 4.14. The van der Waals surface area contributed by atoms with Crippen LogP contribution in [0.25, 0.3) is 0 Å². The molecule has 3 nitrogen and oxygen atoms in total. The van der Waals surface area contributed by atoms with Crippen LogP contribution in [0.15, 0.2) is 11.6 Å². The monoisotopic (exact) mass is 198 g/mol. The lowest BCUT2D eigenvalue weighted by Gasteiger charge is -2.25. The third-order valence-corrected chi connectivity index (χ3v) is 2.68. The van der Waals surface area contributed by atoms with E-state index in [1.807, 2.05) is 6.92 Å². The average Bonchev–Trinajstić information content (AvgIpc) is 2.18. The molecule has 3 heteroatoms. The molecular weight excluding hydrogens is 180 g/mol. The van der Waals surface area contributed by atoms with Crippen molar-refractivity contribution >= 4 is 5.97 Å². The van der Waals surface area contributed by atoms with Crippen molar-refractivity contribution < 1.29 is 14.6 Å².